The first-order chi connectivity index (χ1) is 20.2. The summed E-state index contributed by atoms with van der Waals surface area (Å²) in [6, 6.07) is 8.56. The number of sulfone groups is 1. The summed E-state index contributed by atoms with van der Waals surface area (Å²) in [5, 5.41) is 5.90. The van der Waals surface area contributed by atoms with Gasteiger partial charge < -0.3 is 29.7 Å². The predicted octanol–water partition coefficient (Wildman–Crippen LogP) is 6.85. The van der Waals surface area contributed by atoms with E-state index < -0.39 is 20.7 Å². The highest BCUT2D eigenvalue weighted by atomic mass is 35.5. The van der Waals surface area contributed by atoms with Crippen LogP contribution in [0.4, 0.5) is 27.9 Å². The summed E-state index contributed by atoms with van der Waals surface area (Å²) < 4.78 is 43.5. The topological polar surface area (TPSA) is 132 Å². The Morgan fingerprint density at radius 1 is 1.09 bits per heavy atom. The Bertz CT molecular complexity index is 1650. The van der Waals surface area contributed by atoms with E-state index in [9.17, 15) is 13.2 Å². The number of hydrogen-bond acceptors (Lipinski definition) is 10. The second kappa shape index (κ2) is 12.7. The first-order valence-corrected chi connectivity index (χ1v) is 16.0. The molecule has 1 amide bonds. The third-order valence-electron chi connectivity index (χ3n) is 7.06. The summed E-state index contributed by atoms with van der Waals surface area (Å²) in [5.41, 5.74) is 2.35. The second-order valence-corrected chi connectivity index (χ2v) is 14.7. The van der Waals surface area contributed by atoms with Gasteiger partial charge in [0.25, 0.3) is 0 Å². The van der Waals surface area contributed by atoms with E-state index in [1.54, 1.807) is 43.0 Å². The second-order valence-electron chi connectivity index (χ2n) is 11.8. The molecule has 2 aliphatic rings. The van der Waals surface area contributed by atoms with Crippen LogP contribution in [-0.4, -0.2) is 66.5 Å². The zero-order valence-electron chi connectivity index (χ0n) is 25.0. The Morgan fingerprint density at radius 2 is 1.75 bits per heavy atom. The van der Waals surface area contributed by atoms with Crippen molar-refractivity contribution >= 4 is 50.7 Å². The van der Waals surface area contributed by atoms with Crippen molar-refractivity contribution in [3.8, 4) is 11.5 Å². The Morgan fingerprint density at radius 3 is 2.41 bits per heavy atom. The Balaban J connectivity index is 0.00000442. The van der Waals surface area contributed by atoms with Crippen molar-refractivity contribution < 1.29 is 27.4 Å². The van der Waals surface area contributed by atoms with Gasteiger partial charge in [-0.2, -0.15) is 4.98 Å². The molecule has 0 aliphatic carbocycles. The van der Waals surface area contributed by atoms with Gasteiger partial charge in [0.2, 0.25) is 5.95 Å². The van der Waals surface area contributed by atoms with Gasteiger partial charge in [-0.3, -0.25) is 0 Å². The molecule has 0 unspecified atom stereocenters. The fraction of sp³-hybridized carbons (Fsp3) is 0.452. The van der Waals surface area contributed by atoms with Crippen LogP contribution >= 0.6 is 11.6 Å². The summed E-state index contributed by atoms with van der Waals surface area (Å²) in [7, 11) is -3.56. The number of hydrogen-bond donors (Lipinski definition) is 2. The number of aryl methyl sites for hydroxylation is 1. The van der Waals surface area contributed by atoms with E-state index in [1.807, 2.05) is 33.8 Å². The molecule has 1 aromatic heterocycles. The van der Waals surface area contributed by atoms with Crippen LogP contribution < -0.4 is 20.1 Å². The van der Waals surface area contributed by atoms with Crippen LogP contribution in [-0.2, 0) is 14.6 Å². The average Bonchev–Trinajstić information content (AvgIpc) is 2.90. The van der Waals surface area contributed by atoms with Gasteiger partial charge in [-0.25, -0.2) is 18.2 Å². The van der Waals surface area contributed by atoms with Gasteiger partial charge in [-0.05, 0) is 65.3 Å². The molecule has 2 aliphatic heterocycles. The standard InChI is InChI=1S/C30H36ClN5O6S.CH4/c1-17(2)43(38,39)23-10-8-7-9-21(23)33-27-20(31)14-32-28(35-27)34-22-13-18(3)24(26-25(22)40-11-12-41-26)19-15-36(16-19)29(37)42-30(4,5)6;/h7-10,13-14,17,19H,11-12,15-16H2,1-6H3,(H2,32,33,34,35);1H4. The molecule has 5 rings (SSSR count). The van der Waals surface area contributed by atoms with Gasteiger partial charge >= 0.3 is 6.09 Å². The summed E-state index contributed by atoms with van der Waals surface area (Å²) in [4.78, 5) is 23.2. The van der Waals surface area contributed by atoms with Crippen molar-refractivity contribution in [2.75, 3.05) is 36.9 Å². The van der Waals surface area contributed by atoms with Crippen molar-refractivity contribution in [1.29, 1.82) is 0 Å². The summed E-state index contributed by atoms with van der Waals surface area (Å²) >= 11 is 6.42. The lowest BCUT2D eigenvalue weighted by Crippen LogP contribution is -2.50. The van der Waals surface area contributed by atoms with Crippen LogP contribution in [0.5, 0.6) is 11.5 Å². The molecule has 1 saturated heterocycles. The number of rotatable bonds is 7. The summed E-state index contributed by atoms with van der Waals surface area (Å²) in [6.45, 7) is 12.6. The lowest BCUT2D eigenvalue weighted by atomic mass is 9.87. The maximum atomic E-state index is 12.9. The van der Waals surface area contributed by atoms with Gasteiger partial charge in [0.1, 0.15) is 23.8 Å². The largest absolute Gasteiger partial charge is 0.486 e. The quantitative estimate of drug-likeness (QED) is 0.281. The van der Waals surface area contributed by atoms with Crippen molar-refractivity contribution in [1.82, 2.24) is 14.9 Å². The SMILES string of the molecule is C.Cc1cc(Nc2ncc(Cl)c(Nc3ccccc3S(=O)(=O)C(C)C)n2)c2c(c1C1CN(C(=O)OC(C)(C)C)C1)OCCO2. The number of aromatic nitrogens is 2. The highest BCUT2D eigenvalue weighted by Crippen LogP contribution is 2.48. The van der Waals surface area contributed by atoms with Crippen molar-refractivity contribution in [2.45, 2.75) is 70.6 Å². The number of amides is 1. The molecule has 1 fully saturated rings. The monoisotopic (exact) mass is 645 g/mol. The summed E-state index contributed by atoms with van der Waals surface area (Å²) in [5.74, 6) is 1.69. The predicted molar refractivity (Wildman–Crippen MR) is 172 cm³/mol. The van der Waals surface area contributed by atoms with Gasteiger partial charge in [0.15, 0.2) is 27.2 Å². The first kappa shape index (κ1) is 33.1. The molecule has 0 spiro atoms. The number of carbonyl (C=O) groups is 1. The minimum absolute atomic E-state index is 0. The van der Waals surface area contributed by atoms with E-state index in [1.165, 1.54) is 6.20 Å². The van der Waals surface area contributed by atoms with Crippen LogP contribution in [0.1, 0.15) is 59.1 Å². The van der Waals surface area contributed by atoms with E-state index >= 15 is 0 Å². The van der Waals surface area contributed by atoms with Gasteiger partial charge in [0.05, 0.1) is 27.7 Å². The minimum Gasteiger partial charge on any atom is -0.486 e. The number of anilines is 4. The summed E-state index contributed by atoms with van der Waals surface area (Å²) in [6.07, 6.45) is 1.10. The van der Waals surface area contributed by atoms with Crippen molar-refractivity contribution in [3.63, 3.8) is 0 Å². The Labute approximate surface area is 264 Å². The molecule has 0 saturated carbocycles. The maximum Gasteiger partial charge on any atom is 0.410 e. The highest BCUT2D eigenvalue weighted by Gasteiger charge is 2.38. The van der Waals surface area contributed by atoms with Gasteiger partial charge in [0, 0.05) is 24.6 Å². The third kappa shape index (κ3) is 6.81. The number of fused-ring (bicyclic) bond motifs is 1. The zero-order valence-corrected chi connectivity index (χ0v) is 26.6. The molecule has 3 aromatic rings. The average molecular weight is 646 g/mol. The van der Waals surface area contributed by atoms with Gasteiger partial charge in [-0.1, -0.05) is 31.2 Å². The molecular formula is C31H40ClN5O6S. The molecule has 0 bridgehead atoms. The molecule has 2 N–H and O–H groups in total. The minimum atomic E-state index is -3.56. The smallest absolute Gasteiger partial charge is 0.410 e. The van der Waals surface area contributed by atoms with E-state index in [2.05, 4.69) is 20.6 Å². The molecule has 44 heavy (non-hydrogen) atoms. The van der Waals surface area contributed by atoms with E-state index in [0.29, 0.717) is 49.2 Å². The number of likely N-dealkylation sites (tertiary alicyclic amines) is 1. The Hall–Kier alpha value is -3.77. The number of nitrogens with one attached hydrogen (secondary N) is 2. The lowest BCUT2D eigenvalue weighted by Gasteiger charge is -2.41. The zero-order chi connectivity index (χ0) is 31.1. The lowest BCUT2D eigenvalue weighted by molar-refractivity contribution is 0.00775. The van der Waals surface area contributed by atoms with Crippen LogP contribution in [0.3, 0.4) is 0 Å². The highest BCUT2D eigenvalue weighted by molar-refractivity contribution is 7.92. The molecule has 3 heterocycles. The number of halogens is 1. The van der Waals surface area contributed by atoms with Gasteiger partial charge in [-0.15, -0.1) is 0 Å². The molecule has 0 radical (unpaired) electrons. The number of para-hydroxylation sites is 1. The van der Waals surface area contributed by atoms with Crippen molar-refractivity contribution in [2.24, 2.45) is 0 Å². The number of nitrogens with zero attached hydrogens (tertiary/aromatic N) is 3. The van der Waals surface area contributed by atoms with E-state index in [4.69, 9.17) is 25.8 Å². The fourth-order valence-electron chi connectivity index (χ4n) is 4.93. The van der Waals surface area contributed by atoms with Crippen molar-refractivity contribution in [3.05, 3.63) is 52.7 Å². The molecule has 13 heteroatoms. The van der Waals surface area contributed by atoms with Crippen LogP contribution in [0, 0.1) is 6.92 Å². The van der Waals surface area contributed by atoms with E-state index in [-0.39, 0.29) is 41.1 Å². The fourth-order valence-corrected chi connectivity index (χ4v) is 6.27. The Kier molecular flexibility index (Phi) is 9.55. The number of benzene rings is 2. The normalized spacial score (nSPS) is 14.9. The molecule has 0 atom stereocenters. The number of carbonyl (C=O) groups excluding carboxylic acids is 1. The van der Waals surface area contributed by atoms with Crippen LogP contribution in [0.2, 0.25) is 5.02 Å². The first-order valence-electron chi connectivity index (χ1n) is 14.0. The number of ether oxygens (including phenoxy) is 3. The van der Waals surface area contributed by atoms with Crippen LogP contribution in [0.25, 0.3) is 0 Å². The van der Waals surface area contributed by atoms with E-state index in [0.717, 1.165) is 11.1 Å². The molecule has 238 valence electrons. The third-order valence-corrected chi connectivity index (χ3v) is 9.54. The molecule has 2 aromatic carbocycles. The van der Waals surface area contributed by atoms with Crippen LogP contribution in [0.15, 0.2) is 41.4 Å². The maximum absolute atomic E-state index is 12.9. The molecule has 11 nitrogen and oxygen atoms in total. The molecular weight excluding hydrogens is 606 g/mol.